The van der Waals surface area contributed by atoms with Gasteiger partial charge in [-0.25, -0.2) is 0 Å². The Morgan fingerprint density at radius 2 is 1.47 bits per heavy atom. The number of methoxy groups -OCH3 is 1. The van der Waals surface area contributed by atoms with Crippen molar-refractivity contribution >= 4 is 29.3 Å². The lowest BCUT2D eigenvalue weighted by atomic mass is 10.0. The summed E-state index contributed by atoms with van der Waals surface area (Å²) in [5, 5.41) is 2.99. The van der Waals surface area contributed by atoms with Crippen LogP contribution in [0.25, 0.3) is 0 Å². The number of para-hydroxylation sites is 1. The third-order valence-electron chi connectivity index (χ3n) is 6.23. The maximum absolute atomic E-state index is 13.8. The summed E-state index contributed by atoms with van der Waals surface area (Å²) in [6.07, 6.45) is 0.431. The molecule has 4 aromatic rings. The van der Waals surface area contributed by atoms with Gasteiger partial charge in [-0.15, -0.1) is 0 Å². The zero-order valence-electron chi connectivity index (χ0n) is 21.9. The van der Waals surface area contributed by atoms with Crippen molar-refractivity contribution in [2.24, 2.45) is 0 Å². The van der Waals surface area contributed by atoms with Crippen molar-refractivity contribution in [3.05, 3.63) is 120 Å². The summed E-state index contributed by atoms with van der Waals surface area (Å²) in [5.74, 6) is 0.461. The number of benzene rings is 4. The Hall–Kier alpha value is -4.03. The molecule has 6 heteroatoms. The van der Waals surface area contributed by atoms with Gasteiger partial charge in [-0.1, -0.05) is 86.3 Å². The Labute approximate surface area is 228 Å². The van der Waals surface area contributed by atoms with Gasteiger partial charge in [0.25, 0.3) is 5.91 Å². The van der Waals surface area contributed by atoms with Crippen LogP contribution in [0.1, 0.15) is 35.3 Å². The SMILES string of the molecule is CC.COc1ccc(Sc2ccccc2CN2C(=O)c3ccccc3NC(=O)[C@@H]2Cc2ccccc2)cc1. The van der Waals surface area contributed by atoms with Crippen LogP contribution < -0.4 is 10.1 Å². The monoisotopic (exact) mass is 524 g/mol. The average Bonchev–Trinajstić information content (AvgIpc) is 3.06. The summed E-state index contributed by atoms with van der Waals surface area (Å²) in [4.78, 5) is 31.1. The number of carbonyl (C=O) groups is 2. The molecule has 0 bridgehead atoms. The van der Waals surface area contributed by atoms with E-state index in [1.165, 1.54) is 0 Å². The fourth-order valence-corrected chi connectivity index (χ4v) is 5.28. The summed E-state index contributed by atoms with van der Waals surface area (Å²) in [5.41, 5.74) is 3.04. The van der Waals surface area contributed by atoms with Crippen molar-refractivity contribution in [3.63, 3.8) is 0 Å². The largest absolute Gasteiger partial charge is 0.497 e. The molecular weight excluding hydrogens is 492 g/mol. The molecule has 38 heavy (non-hydrogen) atoms. The van der Waals surface area contributed by atoms with E-state index in [2.05, 4.69) is 5.32 Å². The van der Waals surface area contributed by atoms with Gasteiger partial charge >= 0.3 is 0 Å². The molecule has 1 N–H and O–H groups in total. The van der Waals surface area contributed by atoms with Crippen LogP contribution in [0.15, 0.2) is 113 Å². The van der Waals surface area contributed by atoms with Crippen LogP contribution in [0, 0.1) is 0 Å². The molecule has 1 atom stereocenters. The maximum atomic E-state index is 13.8. The van der Waals surface area contributed by atoms with Crippen LogP contribution in [0.4, 0.5) is 5.69 Å². The summed E-state index contributed by atoms with van der Waals surface area (Å²) >= 11 is 1.63. The molecule has 0 aliphatic carbocycles. The number of amides is 2. The minimum absolute atomic E-state index is 0.158. The molecule has 0 aromatic heterocycles. The van der Waals surface area contributed by atoms with Gasteiger partial charge in [-0.05, 0) is 53.6 Å². The highest BCUT2D eigenvalue weighted by Crippen LogP contribution is 2.34. The van der Waals surface area contributed by atoms with Gasteiger partial charge < -0.3 is 15.0 Å². The highest BCUT2D eigenvalue weighted by molar-refractivity contribution is 7.99. The quantitative estimate of drug-likeness (QED) is 0.281. The van der Waals surface area contributed by atoms with Crippen LogP contribution in [0.2, 0.25) is 0 Å². The number of ether oxygens (including phenoxy) is 1. The first-order chi connectivity index (χ1) is 18.6. The number of hydrogen-bond donors (Lipinski definition) is 1. The fourth-order valence-electron chi connectivity index (χ4n) is 4.34. The van der Waals surface area contributed by atoms with Gasteiger partial charge in [0, 0.05) is 22.8 Å². The highest BCUT2D eigenvalue weighted by atomic mass is 32.2. The first kappa shape index (κ1) is 27.0. The number of nitrogens with zero attached hydrogens (tertiary/aromatic N) is 1. The Kier molecular flexibility index (Phi) is 9.22. The second-order valence-electron chi connectivity index (χ2n) is 8.56. The van der Waals surface area contributed by atoms with E-state index >= 15 is 0 Å². The van der Waals surface area contributed by atoms with E-state index in [-0.39, 0.29) is 11.8 Å². The Morgan fingerprint density at radius 3 is 2.21 bits per heavy atom. The number of anilines is 1. The minimum Gasteiger partial charge on any atom is -0.497 e. The molecule has 0 spiro atoms. The first-order valence-corrected chi connectivity index (χ1v) is 13.6. The topological polar surface area (TPSA) is 58.6 Å². The van der Waals surface area contributed by atoms with E-state index in [1.54, 1.807) is 35.9 Å². The molecule has 0 fully saturated rings. The molecule has 1 heterocycles. The Bertz CT molecular complexity index is 1370. The minimum atomic E-state index is -0.647. The van der Waals surface area contributed by atoms with Crippen LogP contribution in [0.3, 0.4) is 0 Å². The molecule has 0 saturated heterocycles. The summed E-state index contributed by atoms with van der Waals surface area (Å²) in [6.45, 7) is 4.32. The predicted molar refractivity (Wildman–Crippen MR) is 154 cm³/mol. The first-order valence-electron chi connectivity index (χ1n) is 12.8. The normalized spacial score (nSPS) is 14.5. The molecule has 0 unspecified atom stereocenters. The van der Waals surface area contributed by atoms with E-state index < -0.39 is 6.04 Å². The maximum Gasteiger partial charge on any atom is 0.256 e. The molecule has 2 amide bonds. The lowest BCUT2D eigenvalue weighted by Gasteiger charge is -2.29. The van der Waals surface area contributed by atoms with E-state index in [0.29, 0.717) is 24.2 Å². The molecular formula is C32H32N2O3S. The van der Waals surface area contributed by atoms with Crippen LogP contribution in [-0.4, -0.2) is 29.9 Å². The van der Waals surface area contributed by atoms with Gasteiger partial charge in [-0.3, -0.25) is 9.59 Å². The Morgan fingerprint density at radius 1 is 0.816 bits per heavy atom. The molecule has 4 aromatic carbocycles. The molecule has 1 aliphatic heterocycles. The van der Waals surface area contributed by atoms with Gasteiger partial charge in [0.1, 0.15) is 11.8 Å². The molecule has 5 nitrogen and oxygen atoms in total. The van der Waals surface area contributed by atoms with Crippen molar-refractivity contribution in [1.29, 1.82) is 0 Å². The van der Waals surface area contributed by atoms with Crippen molar-refractivity contribution < 1.29 is 14.3 Å². The molecule has 194 valence electrons. The standard InChI is InChI=1S/C30H26N2O3S.C2H6/c1-35-23-15-17-24(18-16-23)36-28-14-8-5-11-22(28)20-32-27(19-21-9-3-2-4-10-21)29(33)31-26-13-7-6-12-25(26)30(32)34;1-2/h2-18,27H,19-20H2,1H3,(H,31,33);1-2H3/t27-;/m0./s1. The smallest absolute Gasteiger partial charge is 0.256 e. The second kappa shape index (κ2) is 13.0. The molecule has 0 radical (unpaired) electrons. The van der Waals surface area contributed by atoms with Crippen LogP contribution >= 0.6 is 11.8 Å². The third-order valence-corrected chi connectivity index (χ3v) is 7.35. The fraction of sp³-hybridized carbons (Fsp3) is 0.188. The van der Waals surface area contributed by atoms with E-state index in [1.807, 2.05) is 105 Å². The van der Waals surface area contributed by atoms with Crippen molar-refractivity contribution in [2.75, 3.05) is 12.4 Å². The summed E-state index contributed by atoms with van der Waals surface area (Å²) < 4.78 is 5.28. The number of nitrogens with one attached hydrogen (secondary N) is 1. The molecule has 0 saturated carbocycles. The zero-order chi connectivity index (χ0) is 26.9. The lowest BCUT2D eigenvalue weighted by molar-refractivity contribution is -0.120. The van der Waals surface area contributed by atoms with Crippen molar-refractivity contribution in [1.82, 2.24) is 4.90 Å². The summed E-state index contributed by atoms with van der Waals surface area (Å²) in [6, 6.07) is 32.3. The Balaban J connectivity index is 0.00000164. The van der Waals surface area contributed by atoms with Gasteiger partial charge in [-0.2, -0.15) is 0 Å². The average molecular weight is 525 g/mol. The van der Waals surface area contributed by atoms with Gasteiger partial charge in [0.15, 0.2) is 0 Å². The van der Waals surface area contributed by atoms with Gasteiger partial charge in [0.2, 0.25) is 5.91 Å². The number of hydrogen-bond acceptors (Lipinski definition) is 4. The van der Waals surface area contributed by atoms with Crippen LogP contribution in [0.5, 0.6) is 5.75 Å². The van der Waals surface area contributed by atoms with Crippen molar-refractivity contribution in [3.8, 4) is 5.75 Å². The molecule has 1 aliphatic rings. The van der Waals surface area contributed by atoms with Crippen LogP contribution in [-0.2, 0) is 17.8 Å². The van der Waals surface area contributed by atoms with E-state index in [0.717, 1.165) is 26.7 Å². The highest BCUT2D eigenvalue weighted by Gasteiger charge is 2.35. The third kappa shape index (κ3) is 6.26. The second-order valence-corrected chi connectivity index (χ2v) is 9.67. The number of fused-ring (bicyclic) bond motifs is 1. The number of rotatable bonds is 7. The van der Waals surface area contributed by atoms with E-state index in [4.69, 9.17) is 4.74 Å². The molecule has 5 rings (SSSR count). The van der Waals surface area contributed by atoms with Gasteiger partial charge in [0.05, 0.1) is 18.4 Å². The van der Waals surface area contributed by atoms with E-state index in [9.17, 15) is 9.59 Å². The van der Waals surface area contributed by atoms with Crippen molar-refractivity contribution in [2.45, 2.75) is 42.6 Å². The summed E-state index contributed by atoms with van der Waals surface area (Å²) in [7, 11) is 1.65. The zero-order valence-corrected chi connectivity index (χ0v) is 22.7. The lowest BCUT2D eigenvalue weighted by Crippen LogP contribution is -2.46. The predicted octanol–water partition coefficient (Wildman–Crippen LogP) is 7.08. The number of carbonyl (C=O) groups excluding carboxylic acids is 2.